The average Bonchev–Trinajstić information content (AvgIpc) is 3.60. The number of hydrogen-bond donors (Lipinski definition) is 1. The summed E-state index contributed by atoms with van der Waals surface area (Å²) in [6.07, 6.45) is 7.29. The van der Waals surface area contributed by atoms with Crippen LogP contribution in [0.5, 0.6) is 0 Å². The number of aliphatic imine (C=N–C) groups is 1. The van der Waals surface area contributed by atoms with Gasteiger partial charge in [-0.3, -0.25) is 9.89 Å². The van der Waals surface area contributed by atoms with Gasteiger partial charge in [0, 0.05) is 55.5 Å². The highest BCUT2D eigenvalue weighted by Gasteiger charge is 2.72. The Morgan fingerprint density at radius 1 is 1.26 bits per heavy atom. The lowest BCUT2D eigenvalue weighted by molar-refractivity contribution is -0.184. The Balaban J connectivity index is 1.16. The second-order valence-corrected chi connectivity index (χ2v) is 14.3. The van der Waals surface area contributed by atoms with Gasteiger partial charge < -0.3 is 19.9 Å². The maximum Gasteiger partial charge on any atom is 0.338 e. The van der Waals surface area contributed by atoms with Gasteiger partial charge in [-0.1, -0.05) is 12.1 Å². The molecular formula is C31H37FN6O3S2. The van der Waals surface area contributed by atoms with Crippen molar-refractivity contribution < 1.29 is 18.7 Å². The van der Waals surface area contributed by atoms with Crippen LogP contribution in [0.1, 0.15) is 48.4 Å². The molecule has 2 aromatic rings. The zero-order valence-corrected chi connectivity index (χ0v) is 26.4. The molecule has 2 saturated heterocycles. The Morgan fingerprint density at radius 3 is 2.79 bits per heavy atom. The van der Waals surface area contributed by atoms with Crippen LogP contribution in [0.3, 0.4) is 0 Å². The fourth-order valence-corrected chi connectivity index (χ4v) is 9.49. The molecule has 228 valence electrons. The second-order valence-electron chi connectivity index (χ2n) is 12.6. The van der Waals surface area contributed by atoms with Gasteiger partial charge in [-0.2, -0.15) is 11.8 Å². The molecule has 2 atom stereocenters. The summed E-state index contributed by atoms with van der Waals surface area (Å²) in [4.78, 5) is 42.9. The Bertz CT molecular complexity index is 1490. The number of benzene rings is 1. The van der Waals surface area contributed by atoms with Crippen LogP contribution >= 0.6 is 23.1 Å². The molecule has 4 heterocycles. The van der Waals surface area contributed by atoms with Crippen LogP contribution < -0.4 is 5.32 Å². The molecule has 9 nitrogen and oxygen atoms in total. The molecule has 0 radical (unpaired) electrons. The van der Waals surface area contributed by atoms with Crippen LogP contribution in [-0.2, 0) is 9.53 Å². The maximum absolute atomic E-state index is 14.8. The number of urea groups is 1. The molecule has 1 N–H and O–H groups in total. The lowest BCUT2D eigenvalue weighted by atomic mass is 9.39. The summed E-state index contributed by atoms with van der Waals surface area (Å²) in [7, 11) is 0. The number of nitrogens with one attached hydrogen (secondary N) is 1. The number of nitrogens with zero attached hydrogens (tertiary/aromatic N) is 5. The highest BCUT2D eigenvalue weighted by Crippen LogP contribution is 2.71. The van der Waals surface area contributed by atoms with Crippen LogP contribution in [0.2, 0.25) is 0 Å². The average molecular weight is 625 g/mol. The van der Waals surface area contributed by atoms with Crippen molar-refractivity contribution in [2.24, 2.45) is 10.4 Å². The number of amidine groups is 1. The van der Waals surface area contributed by atoms with Gasteiger partial charge in [0.2, 0.25) is 0 Å². The largest absolute Gasteiger partial charge is 0.463 e. The van der Waals surface area contributed by atoms with Gasteiger partial charge >= 0.3 is 12.0 Å². The Hall–Kier alpha value is -2.96. The molecule has 3 aliphatic heterocycles. The number of piperazine rings is 1. The predicted octanol–water partition coefficient (Wildman–Crippen LogP) is 4.21. The van der Waals surface area contributed by atoms with E-state index in [0.29, 0.717) is 64.8 Å². The minimum Gasteiger partial charge on any atom is -0.463 e. The first-order valence-corrected chi connectivity index (χ1v) is 17.2. The van der Waals surface area contributed by atoms with Crippen LogP contribution in [0, 0.1) is 18.2 Å². The maximum atomic E-state index is 14.8. The van der Waals surface area contributed by atoms with Crippen molar-refractivity contribution in [3.8, 4) is 0 Å². The van der Waals surface area contributed by atoms with E-state index in [2.05, 4.69) is 31.3 Å². The number of ether oxygens (including phenoxy) is 1. The first kappa shape index (κ1) is 28.8. The lowest BCUT2D eigenvalue weighted by Gasteiger charge is -2.73. The van der Waals surface area contributed by atoms with Gasteiger partial charge in [0.05, 0.1) is 18.2 Å². The number of halogens is 1. The number of rotatable bonds is 9. The van der Waals surface area contributed by atoms with Crippen molar-refractivity contribution in [2.75, 3.05) is 51.3 Å². The number of carbonyl (C=O) groups excluding carboxylic acids is 2. The molecule has 2 amide bonds. The number of thioether (sulfide) groups is 1. The van der Waals surface area contributed by atoms with Gasteiger partial charge in [0.1, 0.15) is 11.9 Å². The van der Waals surface area contributed by atoms with Crippen molar-refractivity contribution in [2.45, 2.75) is 50.7 Å². The topological polar surface area (TPSA) is 90.4 Å². The molecule has 8 rings (SSSR count). The first-order valence-electron chi connectivity index (χ1n) is 15.0. The van der Waals surface area contributed by atoms with Crippen molar-refractivity contribution in [3.05, 3.63) is 63.0 Å². The van der Waals surface area contributed by atoms with E-state index in [1.54, 1.807) is 26.1 Å². The van der Waals surface area contributed by atoms with Crippen molar-refractivity contribution in [1.29, 1.82) is 0 Å². The SMILES string of the molecule is CCOC(=O)C1=C(CN2CCN3C(=O)N(C45CC(CSC)(C4)C5)C[C@@H]3C2)NC(c2nccs2)=N[C@H]1c1cccc(F)c1C. The summed E-state index contributed by atoms with van der Waals surface area (Å²) in [6, 6.07) is 4.44. The Kier molecular flexibility index (Phi) is 7.29. The standard InChI is InChI=1S/C31H37FN6O3S2/c1-4-41-28(39)24-23(34-26(27-33-8-11-43-27)35-25(24)21-6-5-7-22(32)19(21)2)14-36-9-10-37-20(12-36)13-38(29(37)40)31-15-30(16-31,17-31)18-42-3/h5-8,11,20,25H,4,9-10,12-18H2,1-3H3,(H,34,35)/t20-,25-,30?,31?/m0/s1. The molecule has 3 saturated carbocycles. The molecule has 0 unspecified atom stereocenters. The number of thiazole rings is 1. The summed E-state index contributed by atoms with van der Waals surface area (Å²) in [5, 5.41) is 5.99. The quantitative estimate of drug-likeness (QED) is 0.419. The van der Waals surface area contributed by atoms with Crippen LogP contribution in [0.25, 0.3) is 0 Å². The van der Waals surface area contributed by atoms with Gasteiger partial charge in [-0.15, -0.1) is 11.3 Å². The molecule has 12 heteroatoms. The van der Waals surface area contributed by atoms with Gasteiger partial charge in [-0.25, -0.2) is 19.0 Å². The third-order valence-electron chi connectivity index (χ3n) is 9.81. The molecule has 3 aliphatic carbocycles. The molecule has 2 bridgehead atoms. The lowest BCUT2D eigenvalue weighted by Crippen LogP contribution is -2.75. The van der Waals surface area contributed by atoms with Crippen molar-refractivity contribution in [3.63, 3.8) is 0 Å². The highest BCUT2D eigenvalue weighted by molar-refractivity contribution is 7.98. The van der Waals surface area contributed by atoms with E-state index >= 15 is 0 Å². The van der Waals surface area contributed by atoms with E-state index in [1.807, 2.05) is 23.2 Å². The number of aromatic nitrogens is 1. The van der Waals surface area contributed by atoms with E-state index in [-0.39, 0.29) is 30.0 Å². The number of carbonyl (C=O) groups is 2. The minimum absolute atomic E-state index is 0.0641. The summed E-state index contributed by atoms with van der Waals surface area (Å²) in [5.74, 6) is 0.923. The molecule has 0 spiro atoms. The molecule has 1 aromatic carbocycles. The van der Waals surface area contributed by atoms with Gasteiger partial charge in [-0.05, 0) is 67.7 Å². The smallest absolute Gasteiger partial charge is 0.338 e. The third kappa shape index (κ3) is 4.76. The summed E-state index contributed by atoms with van der Waals surface area (Å²) in [6.45, 7) is 6.95. The summed E-state index contributed by atoms with van der Waals surface area (Å²) >= 11 is 3.36. The summed E-state index contributed by atoms with van der Waals surface area (Å²) in [5.41, 5.74) is 2.65. The van der Waals surface area contributed by atoms with E-state index in [0.717, 1.165) is 25.8 Å². The van der Waals surface area contributed by atoms with Gasteiger partial charge in [0.25, 0.3) is 0 Å². The third-order valence-corrected chi connectivity index (χ3v) is 11.5. The number of amides is 2. The van der Waals surface area contributed by atoms with E-state index < -0.39 is 12.0 Å². The normalized spacial score (nSPS) is 30.0. The van der Waals surface area contributed by atoms with E-state index in [1.165, 1.54) is 23.2 Å². The number of fused-ring (bicyclic) bond motifs is 1. The number of esters is 1. The fourth-order valence-electron chi connectivity index (χ4n) is 7.98. The second kappa shape index (κ2) is 10.9. The number of hydrogen-bond acceptors (Lipinski definition) is 9. The predicted molar refractivity (Wildman–Crippen MR) is 166 cm³/mol. The Labute approximate surface area is 259 Å². The van der Waals surface area contributed by atoms with Crippen molar-refractivity contribution in [1.82, 2.24) is 25.0 Å². The molecule has 5 fully saturated rings. The molecular weight excluding hydrogens is 588 g/mol. The molecule has 1 aromatic heterocycles. The zero-order valence-electron chi connectivity index (χ0n) is 24.8. The fraction of sp³-hybridized carbons (Fsp3) is 0.548. The molecule has 6 aliphatic rings. The monoisotopic (exact) mass is 624 g/mol. The van der Waals surface area contributed by atoms with E-state index in [9.17, 15) is 14.0 Å². The first-order chi connectivity index (χ1) is 20.8. The molecule has 43 heavy (non-hydrogen) atoms. The summed E-state index contributed by atoms with van der Waals surface area (Å²) < 4.78 is 20.3. The highest BCUT2D eigenvalue weighted by atomic mass is 32.2. The minimum atomic E-state index is -0.743. The van der Waals surface area contributed by atoms with Gasteiger partial charge in [0.15, 0.2) is 10.8 Å². The Morgan fingerprint density at radius 2 is 2.07 bits per heavy atom. The van der Waals surface area contributed by atoms with Crippen molar-refractivity contribution >= 4 is 40.9 Å². The zero-order chi connectivity index (χ0) is 29.9. The van der Waals surface area contributed by atoms with E-state index in [4.69, 9.17) is 9.73 Å². The van der Waals surface area contributed by atoms with Crippen LogP contribution in [-0.4, -0.2) is 100 Å². The van der Waals surface area contributed by atoms with Crippen LogP contribution in [0.4, 0.5) is 9.18 Å². The van der Waals surface area contributed by atoms with Crippen LogP contribution in [0.15, 0.2) is 46.0 Å².